The third-order valence-corrected chi connectivity index (χ3v) is 5.79. The first-order valence-electron chi connectivity index (χ1n) is 9.27. The van der Waals surface area contributed by atoms with Crippen LogP contribution in [-0.4, -0.2) is 65.5 Å². The van der Waals surface area contributed by atoms with E-state index in [4.69, 9.17) is 0 Å². The van der Waals surface area contributed by atoms with Gasteiger partial charge in [-0.3, -0.25) is 15.2 Å². The Kier molecular flexibility index (Phi) is 7.60. The quantitative estimate of drug-likeness (QED) is 0.540. The lowest BCUT2D eigenvalue weighted by Crippen LogP contribution is -2.68. The summed E-state index contributed by atoms with van der Waals surface area (Å²) in [5.74, 6) is -1.71. The number of nitrogens with one attached hydrogen (secondary N) is 1. The standard InChI is InChI=1S/C17H26F3N3O4S/c1-4-27-13(24)16(26-3,17(18,19)20)22-14(25)23(12-8-6-5-7-9-12)15-21-10-11(2)28-15/h11-12H,4-10H2,1-3H3,(H,22,25). The van der Waals surface area contributed by atoms with Crippen molar-refractivity contribution in [1.29, 1.82) is 0 Å². The summed E-state index contributed by atoms with van der Waals surface area (Å²) in [6, 6.07) is -1.35. The number of alkyl halides is 3. The van der Waals surface area contributed by atoms with Crippen molar-refractivity contribution < 1.29 is 32.2 Å². The fourth-order valence-electron chi connectivity index (χ4n) is 3.27. The lowest BCUT2D eigenvalue weighted by Gasteiger charge is -2.38. The van der Waals surface area contributed by atoms with E-state index < -0.39 is 23.9 Å². The SMILES string of the molecule is CCOC(=O)C(NC(=O)N(C1=NCC(C)S1)C1CCCCC1)(OC)C(F)(F)F. The van der Waals surface area contributed by atoms with E-state index in [2.05, 4.69) is 14.5 Å². The highest BCUT2D eigenvalue weighted by atomic mass is 32.2. The topological polar surface area (TPSA) is 80.2 Å². The molecule has 1 saturated carbocycles. The molecule has 0 spiro atoms. The van der Waals surface area contributed by atoms with Crippen molar-refractivity contribution in [2.45, 2.75) is 69.1 Å². The molecule has 0 aromatic carbocycles. The van der Waals surface area contributed by atoms with Crippen molar-refractivity contribution in [2.24, 2.45) is 4.99 Å². The number of hydrogen-bond donors (Lipinski definition) is 1. The molecule has 2 rings (SSSR count). The molecule has 0 bridgehead atoms. The molecule has 1 N–H and O–H groups in total. The summed E-state index contributed by atoms with van der Waals surface area (Å²) >= 11 is 1.33. The van der Waals surface area contributed by atoms with Crippen LogP contribution in [-0.2, 0) is 14.3 Å². The lowest BCUT2D eigenvalue weighted by atomic mass is 9.94. The van der Waals surface area contributed by atoms with Crippen molar-refractivity contribution in [1.82, 2.24) is 10.2 Å². The van der Waals surface area contributed by atoms with Crippen LogP contribution in [0.15, 0.2) is 4.99 Å². The molecule has 160 valence electrons. The minimum atomic E-state index is -5.21. The van der Waals surface area contributed by atoms with E-state index in [0.717, 1.165) is 19.3 Å². The molecule has 2 aliphatic rings. The normalized spacial score (nSPS) is 22.9. The predicted octanol–water partition coefficient (Wildman–Crippen LogP) is 3.29. The molecule has 0 radical (unpaired) electrons. The van der Waals surface area contributed by atoms with Crippen LogP contribution in [0.4, 0.5) is 18.0 Å². The fraction of sp³-hybridized carbons (Fsp3) is 0.824. The maximum absolute atomic E-state index is 13.8. The van der Waals surface area contributed by atoms with E-state index >= 15 is 0 Å². The number of halogens is 3. The summed E-state index contributed by atoms with van der Waals surface area (Å²) in [5, 5.41) is 2.25. The fourth-order valence-corrected chi connectivity index (χ4v) is 4.28. The van der Waals surface area contributed by atoms with E-state index in [1.807, 2.05) is 6.92 Å². The zero-order valence-electron chi connectivity index (χ0n) is 16.2. The average Bonchev–Trinajstić information content (AvgIpc) is 3.05. The molecule has 1 aliphatic heterocycles. The Labute approximate surface area is 166 Å². The third-order valence-electron chi connectivity index (χ3n) is 4.71. The monoisotopic (exact) mass is 425 g/mol. The van der Waals surface area contributed by atoms with Gasteiger partial charge >= 0.3 is 23.9 Å². The second-order valence-electron chi connectivity index (χ2n) is 6.75. The van der Waals surface area contributed by atoms with Crippen LogP contribution in [0.25, 0.3) is 0 Å². The van der Waals surface area contributed by atoms with Crippen molar-refractivity contribution >= 4 is 28.9 Å². The van der Waals surface area contributed by atoms with Crippen molar-refractivity contribution in [3.8, 4) is 0 Å². The van der Waals surface area contributed by atoms with Crippen LogP contribution in [0.2, 0.25) is 0 Å². The van der Waals surface area contributed by atoms with E-state index in [9.17, 15) is 22.8 Å². The molecular weight excluding hydrogens is 399 g/mol. The van der Waals surface area contributed by atoms with Crippen molar-refractivity contribution in [3.05, 3.63) is 0 Å². The highest BCUT2D eigenvalue weighted by Gasteiger charge is 2.65. The number of ether oxygens (including phenoxy) is 2. The van der Waals surface area contributed by atoms with Gasteiger partial charge in [0.05, 0.1) is 13.2 Å². The second-order valence-corrected chi connectivity index (χ2v) is 8.15. The molecule has 2 unspecified atom stereocenters. The Balaban J connectivity index is 2.34. The number of thioether (sulfide) groups is 1. The number of nitrogens with zero attached hydrogens (tertiary/aromatic N) is 2. The Morgan fingerprint density at radius 1 is 1.29 bits per heavy atom. The molecule has 7 nitrogen and oxygen atoms in total. The number of aliphatic imine (C=N–C) groups is 1. The molecule has 1 heterocycles. The lowest BCUT2D eigenvalue weighted by molar-refractivity contribution is -0.277. The van der Waals surface area contributed by atoms with Gasteiger partial charge in [-0.15, -0.1) is 0 Å². The number of amides is 2. The van der Waals surface area contributed by atoms with Gasteiger partial charge in [0, 0.05) is 18.4 Å². The first kappa shape index (κ1) is 22.8. The molecule has 2 amide bonds. The molecule has 0 saturated heterocycles. The highest BCUT2D eigenvalue weighted by molar-refractivity contribution is 8.14. The summed E-state index contributed by atoms with van der Waals surface area (Å²) in [6.45, 7) is 3.48. The van der Waals surface area contributed by atoms with Crippen LogP contribution in [0.3, 0.4) is 0 Å². The number of hydrogen-bond acceptors (Lipinski definition) is 6. The Morgan fingerprint density at radius 3 is 2.39 bits per heavy atom. The second kappa shape index (κ2) is 9.34. The predicted molar refractivity (Wildman–Crippen MR) is 99.0 cm³/mol. The number of esters is 1. The molecular formula is C17H26F3N3O4S. The van der Waals surface area contributed by atoms with E-state index in [-0.39, 0.29) is 17.9 Å². The molecule has 2 atom stereocenters. The largest absolute Gasteiger partial charge is 0.462 e. The molecule has 28 heavy (non-hydrogen) atoms. The summed E-state index contributed by atoms with van der Waals surface area (Å²) in [6.07, 6.45) is -1.14. The van der Waals surface area contributed by atoms with Gasteiger partial charge in [0.2, 0.25) is 0 Å². The molecule has 0 aromatic rings. The van der Waals surface area contributed by atoms with Gasteiger partial charge in [0.1, 0.15) is 0 Å². The average molecular weight is 425 g/mol. The van der Waals surface area contributed by atoms with Crippen LogP contribution in [0.5, 0.6) is 0 Å². The van der Waals surface area contributed by atoms with Crippen LogP contribution >= 0.6 is 11.8 Å². The van der Waals surface area contributed by atoms with E-state index in [0.29, 0.717) is 31.7 Å². The van der Waals surface area contributed by atoms with Gasteiger partial charge in [-0.25, -0.2) is 9.59 Å². The first-order chi connectivity index (χ1) is 13.2. The third kappa shape index (κ3) is 4.73. The number of methoxy groups -OCH3 is 1. The zero-order valence-corrected chi connectivity index (χ0v) is 17.0. The van der Waals surface area contributed by atoms with Crippen LogP contribution in [0.1, 0.15) is 46.0 Å². The molecule has 0 aromatic heterocycles. The van der Waals surface area contributed by atoms with Gasteiger partial charge in [0.15, 0.2) is 5.17 Å². The molecule has 1 aliphatic carbocycles. The van der Waals surface area contributed by atoms with E-state index in [1.165, 1.54) is 23.6 Å². The van der Waals surface area contributed by atoms with Gasteiger partial charge in [0.25, 0.3) is 0 Å². The summed E-state index contributed by atoms with van der Waals surface area (Å²) in [4.78, 5) is 30.7. The van der Waals surface area contributed by atoms with Gasteiger partial charge < -0.3 is 9.47 Å². The van der Waals surface area contributed by atoms with Crippen molar-refractivity contribution in [3.63, 3.8) is 0 Å². The minimum Gasteiger partial charge on any atom is -0.462 e. The molecule has 1 fully saturated rings. The first-order valence-corrected chi connectivity index (χ1v) is 10.2. The highest BCUT2D eigenvalue weighted by Crippen LogP contribution is 2.34. The number of rotatable bonds is 5. The van der Waals surface area contributed by atoms with Crippen LogP contribution in [0, 0.1) is 0 Å². The maximum Gasteiger partial charge on any atom is 0.448 e. The van der Waals surface area contributed by atoms with Crippen molar-refractivity contribution in [2.75, 3.05) is 20.3 Å². The maximum atomic E-state index is 13.8. The Bertz CT molecular complexity index is 611. The number of carbonyl (C=O) groups is 2. The smallest absolute Gasteiger partial charge is 0.448 e. The van der Waals surface area contributed by atoms with E-state index in [1.54, 1.807) is 5.32 Å². The van der Waals surface area contributed by atoms with Crippen LogP contribution < -0.4 is 5.32 Å². The summed E-state index contributed by atoms with van der Waals surface area (Å²) < 4.78 is 50.3. The summed E-state index contributed by atoms with van der Waals surface area (Å²) in [5.41, 5.74) is -3.58. The summed E-state index contributed by atoms with van der Waals surface area (Å²) in [7, 11) is 0.708. The van der Waals surface area contributed by atoms with Gasteiger partial charge in [-0.05, 0) is 19.8 Å². The van der Waals surface area contributed by atoms with Gasteiger partial charge in [-0.2, -0.15) is 13.2 Å². The Hall–Kier alpha value is -1.49. The molecule has 11 heteroatoms. The minimum absolute atomic E-state index is 0.119. The number of urea groups is 1. The number of amidine groups is 1. The number of carbonyl (C=O) groups excluding carboxylic acids is 2. The zero-order chi connectivity index (χ0) is 20.9. The van der Waals surface area contributed by atoms with Gasteiger partial charge in [-0.1, -0.05) is 37.9 Å². The Morgan fingerprint density at radius 2 is 1.93 bits per heavy atom.